The summed E-state index contributed by atoms with van der Waals surface area (Å²) in [5, 5.41) is 0. The molecule has 1 fully saturated rings. The van der Waals surface area contributed by atoms with Crippen molar-refractivity contribution in [3.05, 3.63) is 0 Å². The number of unbranched alkanes of at least 4 members (excludes halogenated alkanes) is 6. The van der Waals surface area contributed by atoms with E-state index >= 15 is 0 Å². The summed E-state index contributed by atoms with van der Waals surface area (Å²) in [6, 6.07) is 0. The van der Waals surface area contributed by atoms with Gasteiger partial charge in [-0.3, -0.25) is 24.0 Å². The quantitative estimate of drug-likeness (QED) is 0.117. The Hall–Kier alpha value is -2.69. The molecule has 11 nitrogen and oxygen atoms in total. The molecule has 11 heteroatoms. The van der Waals surface area contributed by atoms with Crippen LogP contribution in [-0.2, 0) is 47.7 Å². The van der Waals surface area contributed by atoms with Gasteiger partial charge in [-0.25, -0.2) is 0 Å². The Morgan fingerprint density at radius 2 is 1.05 bits per heavy atom. The SMILES string of the molecule is COC(=O)CCCCCCC(=O)OCC(COC(=O)CCCCCCC(=O)OC)COC(=O)C1CCN(C)C1. The van der Waals surface area contributed by atoms with Crippen LogP contribution < -0.4 is 0 Å². The molecule has 0 aromatic heterocycles. The van der Waals surface area contributed by atoms with Crippen LogP contribution in [0.4, 0.5) is 0 Å². The Bertz CT molecular complexity index is 713. The minimum absolute atomic E-state index is 0.000659. The number of methoxy groups -OCH3 is 2. The topological polar surface area (TPSA) is 135 Å². The molecular formula is C28H47NO10. The molecular weight excluding hydrogens is 510 g/mol. The summed E-state index contributed by atoms with van der Waals surface area (Å²) in [5.41, 5.74) is 0. The van der Waals surface area contributed by atoms with Crippen molar-refractivity contribution < 1.29 is 47.7 Å². The summed E-state index contributed by atoms with van der Waals surface area (Å²) in [4.78, 5) is 61.1. The number of likely N-dealkylation sites (tertiary alicyclic amines) is 1. The van der Waals surface area contributed by atoms with E-state index in [-0.39, 0.29) is 68.4 Å². The van der Waals surface area contributed by atoms with E-state index in [9.17, 15) is 24.0 Å². The molecule has 1 saturated heterocycles. The minimum Gasteiger partial charge on any atom is -0.469 e. The van der Waals surface area contributed by atoms with Crippen molar-refractivity contribution >= 4 is 29.8 Å². The number of hydrogen-bond acceptors (Lipinski definition) is 11. The number of carbonyl (C=O) groups is 5. The predicted molar refractivity (Wildman–Crippen MR) is 141 cm³/mol. The standard InChI is InChI=1S/C28H47NO10/c1-29-17-16-23(18-29)28(34)39-21-22(19-37-26(32)14-10-6-4-8-12-24(30)35-2)20-38-27(33)15-11-7-5-9-13-25(31)36-3/h22-23H,4-21H2,1-3H3. The van der Waals surface area contributed by atoms with E-state index in [1.807, 2.05) is 7.05 Å². The average Bonchev–Trinajstić information content (AvgIpc) is 3.37. The van der Waals surface area contributed by atoms with Crippen molar-refractivity contribution in [3.8, 4) is 0 Å². The first-order chi connectivity index (χ1) is 18.7. The third-order valence-corrected chi connectivity index (χ3v) is 6.62. The number of rotatable bonds is 21. The molecule has 0 aliphatic carbocycles. The molecule has 1 aliphatic heterocycles. The smallest absolute Gasteiger partial charge is 0.310 e. The van der Waals surface area contributed by atoms with E-state index in [2.05, 4.69) is 14.4 Å². The molecule has 0 saturated carbocycles. The van der Waals surface area contributed by atoms with E-state index in [1.54, 1.807) is 0 Å². The average molecular weight is 558 g/mol. The van der Waals surface area contributed by atoms with Crippen LogP contribution >= 0.6 is 0 Å². The van der Waals surface area contributed by atoms with Gasteiger partial charge in [0.15, 0.2) is 0 Å². The van der Waals surface area contributed by atoms with Gasteiger partial charge < -0.3 is 28.6 Å². The maximum absolute atomic E-state index is 12.4. The molecule has 0 spiro atoms. The normalized spacial score (nSPS) is 15.1. The monoisotopic (exact) mass is 557 g/mol. The van der Waals surface area contributed by atoms with Gasteiger partial charge in [-0.2, -0.15) is 0 Å². The molecule has 0 N–H and O–H groups in total. The Labute approximate surface area is 232 Å². The Morgan fingerprint density at radius 3 is 1.44 bits per heavy atom. The first kappa shape index (κ1) is 34.3. The zero-order chi connectivity index (χ0) is 28.9. The second-order valence-corrected chi connectivity index (χ2v) is 10.1. The van der Waals surface area contributed by atoms with Gasteiger partial charge in [0.25, 0.3) is 0 Å². The largest absolute Gasteiger partial charge is 0.469 e. The third kappa shape index (κ3) is 17.5. The van der Waals surface area contributed by atoms with Gasteiger partial charge in [0.1, 0.15) is 19.8 Å². The molecule has 0 aromatic carbocycles. The molecule has 1 rings (SSSR count). The van der Waals surface area contributed by atoms with Crippen molar-refractivity contribution in [2.24, 2.45) is 11.8 Å². The highest BCUT2D eigenvalue weighted by molar-refractivity contribution is 5.73. The molecule has 0 amide bonds. The lowest BCUT2D eigenvalue weighted by atomic mass is 10.1. The van der Waals surface area contributed by atoms with E-state index in [0.29, 0.717) is 45.1 Å². The summed E-state index contributed by atoms with van der Waals surface area (Å²) in [7, 11) is 4.67. The van der Waals surface area contributed by atoms with Gasteiger partial charge in [0, 0.05) is 32.2 Å². The van der Waals surface area contributed by atoms with E-state index < -0.39 is 5.92 Å². The van der Waals surface area contributed by atoms with E-state index in [4.69, 9.17) is 14.2 Å². The molecule has 39 heavy (non-hydrogen) atoms. The fraction of sp³-hybridized carbons (Fsp3) is 0.821. The number of ether oxygens (including phenoxy) is 5. The van der Waals surface area contributed by atoms with Gasteiger partial charge in [-0.15, -0.1) is 0 Å². The highest BCUT2D eigenvalue weighted by atomic mass is 16.6. The van der Waals surface area contributed by atoms with Crippen LogP contribution in [0.3, 0.4) is 0 Å². The third-order valence-electron chi connectivity index (χ3n) is 6.62. The maximum Gasteiger partial charge on any atom is 0.310 e. The van der Waals surface area contributed by atoms with Crippen LogP contribution in [0.5, 0.6) is 0 Å². The van der Waals surface area contributed by atoms with Crippen molar-refractivity contribution in [2.75, 3.05) is 54.2 Å². The summed E-state index contributed by atoms with van der Waals surface area (Å²) in [6.45, 7) is 1.46. The number of carbonyl (C=O) groups excluding carboxylic acids is 5. The molecule has 1 aliphatic rings. The molecule has 1 atom stereocenters. The lowest BCUT2D eigenvalue weighted by molar-refractivity contribution is -0.155. The highest BCUT2D eigenvalue weighted by Gasteiger charge is 2.28. The molecule has 224 valence electrons. The van der Waals surface area contributed by atoms with Crippen molar-refractivity contribution in [3.63, 3.8) is 0 Å². The van der Waals surface area contributed by atoms with Crippen molar-refractivity contribution in [1.29, 1.82) is 0 Å². The predicted octanol–water partition coefficient (Wildman–Crippen LogP) is 3.21. The zero-order valence-electron chi connectivity index (χ0n) is 23.9. The number of nitrogens with zero attached hydrogens (tertiary/aromatic N) is 1. The number of esters is 5. The second kappa shape index (κ2) is 21.2. The van der Waals surface area contributed by atoms with Crippen LogP contribution in [0, 0.1) is 11.8 Å². The Kier molecular flexibility index (Phi) is 18.6. The van der Waals surface area contributed by atoms with E-state index in [0.717, 1.165) is 38.6 Å². The van der Waals surface area contributed by atoms with Crippen LogP contribution in [0.2, 0.25) is 0 Å². The molecule has 0 radical (unpaired) electrons. The maximum atomic E-state index is 12.4. The summed E-state index contributed by atoms with van der Waals surface area (Å²) in [5.74, 6) is -2.14. The Balaban J connectivity index is 2.36. The first-order valence-electron chi connectivity index (χ1n) is 14.0. The van der Waals surface area contributed by atoms with Crippen LogP contribution in [0.1, 0.15) is 83.5 Å². The van der Waals surface area contributed by atoms with Crippen LogP contribution in [0.25, 0.3) is 0 Å². The Morgan fingerprint density at radius 1 is 0.641 bits per heavy atom. The zero-order valence-corrected chi connectivity index (χ0v) is 23.9. The molecule has 1 heterocycles. The highest BCUT2D eigenvalue weighted by Crippen LogP contribution is 2.17. The van der Waals surface area contributed by atoms with Gasteiger partial charge in [0.05, 0.1) is 26.1 Å². The van der Waals surface area contributed by atoms with Crippen molar-refractivity contribution in [2.45, 2.75) is 83.5 Å². The fourth-order valence-corrected chi connectivity index (χ4v) is 4.14. The van der Waals surface area contributed by atoms with Crippen LogP contribution in [-0.4, -0.2) is 88.9 Å². The van der Waals surface area contributed by atoms with Gasteiger partial charge in [0.2, 0.25) is 0 Å². The van der Waals surface area contributed by atoms with Gasteiger partial charge >= 0.3 is 29.8 Å². The van der Waals surface area contributed by atoms with Gasteiger partial charge in [-0.1, -0.05) is 25.7 Å². The van der Waals surface area contributed by atoms with Crippen molar-refractivity contribution in [1.82, 2.24) is 4.90 Å². The van der Waals surface area contributed by atoms with Crippen LogP contribution in [0.15, 0.2) is 0 Å². The van der Waals surface area contributed by atoms with Gasteiger partial charge in [-0.05, 0) is 45.7 Å². The first-order valence-corrected chi connectivity index (χ1v) is 14.0. The summed E-state index contributed by atoms with van der Waals surface area (Å²) >= 11 is 0. The molecule has 0 bridgehead atoms. The minimum atomic E-state index is -0.457. The molecule has 1 unspecified atom stereocenters. The second-order valence-electron chi connectivity index (χ2n) is 10.1. The lowest BCUT2D eigenvalue weighted by Crippen LogP contribution is -2.29. The number of hydrogen-bond donors (Lipinski definition) is 0. The lowest BCUT2D eigenvalue weighted by Gasteiger charge is -2.19. The fourth-order valence-electron chi connectivity index (χ4n) is 4.14. The summed E-state index contributed by atoms with van der Waals surface area (Å²) < 4.78 is 25.5. The summed E-state index contributed by atoms with van der Waals surface area (Å²) in [6.07, 6.45) is 7.90. The molecule has 0 aromatic rings. The van der Waals surface area contributed by atoms with E-state index in [1.165, 1.54) is 14.2 Å².